The van der Waals surface area contributed by atoms with Crippen LogP contribution in [0.4, 0.5) is 0 Å². The largest absolute Gasteiger partial charge is 0.377 e. The Kier molecular flexibility index (Phi) is 69.5. The number of Topliss-reactive ketones (excluding diaryl/α,β-unsaturated/α-hetero) is 1. The van der Waals surface area contributed by atoms with Gasteiger partial charge < -0.3 is 51.3 Å². The van der Waals surface area contributed by atoms with Gasteiger partial charge in [-0.1, -0.05) is 172 Å². The molecule has 0 aromatic heterocycles. The molecule has 2 heterocycles. The van der Waals surface area contributed by atoms with E-state index < -0.39 is 0 Å². The quantitative estimate of drug-likeness (QED) is 0.0485. The molecule has 2 aliphatic heterocycles. The SMILES string of the molecule is CC(C)CC(CCCCNC(C)C)C(=O)C(C)C.CC(C)CC(CCCN1C[CH-]C[C@H]1COC(C)C)CC(C)C.CC(C)CC(CCCN1C[CH-]C[C@H]1COC(C)C)CC(C)C.[CH2-]CCC(CC(C)C)CC(C)C.[CH2-]CCC(CC(C)C)CC(C)C.[Y].[Y]. The third-order valence-electron chi connectivity index (χ3n) is 16.9. The summed E-state index contributed by atoms with van der Waals surface area (Å²) in [5.74, 6) is 11.9. The molecule has 0 spiro atoms. The van der Waals surface area contributed by atoms with Crippen LogP contribution in [0.25, 0.3) is 0 Å². The van der Waals surface area contributed by atoms with Gasteiger partial charge in [0.25, 0.3) is 0 Å². The number of unbranched alkanes of at least 4 members (excludes halogenated alkanes) is 1. The van der Waals surface area contributed by atoms with Crippen LogP contribution in [0.1, 0.15) is 321 Å². The standard InChI is InChI=1S/2C20H40NO.C16H33NO.2C12H25.2Y/c2*1-16(2)13-19(14-17(3)4)9-7-11-21-12-8-10-20(21)15-22-18(5)6;1-12(2)11-15(16(18)13(3)4)9-7-8-10-17-14(5)6;2*1-6-7-12(8-10(2)3)9-11(4)5;;/h2*8,16-20H,7,9-15H2,1-6H3;12-15,17H,7-11H2,1-6H3;2*10-12H,1,6-9H2,2-5H3;;/q2*-1;;2*-1;;/t2*20-;;;;;/m00...../s1. The zero-order chi connectivity index (χ0) is 66.3. The molecule has 0 bridgehead atoms. The van der Waals surface area contributed by atoms with E-state index in [9.17, 15) is 4.79 Å². The Labute approximate surface area is 608 Å². The number of nitrogens with zero attached hydrogens (tertiary/aromatic N) is 2. The Balaban J connectivity index is -0.000000332. The molecule has 526 valence electrons. The number of hydrogen-bond donors (Lipinski definition) is 1. The number of likely N-dealkylation sites (tertiary alicyclic amines) is 2. The molecule has 2 radical (unpaired) electrons. The van der Waals surface area contributed by atoms with Gasteiger partial charge in [0.2, 0.25) is 0 Å². The minimum Gasteiger partial charge on any atom is -0.377 e. The van der Waals surface area contributed by atoms with Gasteiger partial charge in [0.15, 0.2) is 0 Å². The number of nitrogens with one attached hydrogen (secondary N) is 1. The van der Waals surface area contributed by atoms with Gasteiger partial charge in [0, 0.05) is 95.4 Å². The zero-order valence-corrected chi connectivity index (χ0v) is 70.6. The van der Waals surface area contributed by atoms with Gasteiger partial charge in [0.1, 0.15) is 5.78 Å². The van der Waals surface area contributed by atoms with Crippen molar-refractivity contribution < 1.29 is 79.7 Å². The molecule has 6 nitrogen and oxygen atoms in total. The summed E-state index contributed by atoms with van der Waals surface area (Å²) in [5.41, 5.74) is 0. The molecule has 2 aliphatic rings. The van der Waals surface area contributed by atoms with E-state index in [0.717, 1.165) is 136 Å². The number of carbonyl (C=O) groups excluding carboxylic acids is 1. The fourth-order valence-corrected chi connectivity index (χ4v) is 13.7. The molecule has 8 heteroatoms. The van der Waals surface area contributed by atoms with Gasteiger partial charge >= 0.3 is 0 Å². The Morgan fingerprint density at radius 3 is 0.966 bits per heavy atom. The zero-order valence-electron chi connectivity index (χ0n) is 64.9. The summed E-state index contributed by atoms with van der Waals surface area (Å²) in [5, 5.41) is 3.43. The third kappa shape index (κ3) is 63.7. The van der Waals surface area contributed by atoms with Crippen molar-refractivity contribution in [3.8, 4) is 0 Å². The summed E-state index contributed by atoms with van der Waals surface area (Å²) in [7, 11) is 0. The molecule has 88 heavy (non-hydrogen) atoms. The van der Waals surface area contributed by atoms with Crippen molar-refractivity contribution in [1.82, 2.24) is 15.1 Å². The van der Waals surface area contributed by atoms with Crippen LogP contribution < -0.4 is 5.32 Å². The van der Waals surface area contributed by atoms with Crippen molar-refractivity contribution in [1.29, 1.82) is 0 Å². The Morgan fingerprint density at radius 2 is 0.716 bits per heavy atom. The molecule has 0 aliphatic carbocycles. The molecular weight excluding hydrogens is 1230 g/mol. The van der Waals surface area contributed by atoms with Crippen LogP contribution in [0.5, 0.6) is 0 Å². The van der Waals surface area contributed by atoms with Crippen LogP contribution in [0, 0.1) is 115 Å². The first kappa shape index (κ1) is 98.4. The van der Waals surface area contributed by atoms with Crippen molar-refractivity contribution in [2.45, 2.75) is 352 Å². The molecule has 2 fully saturated rings. The fraction of sp³-hybridized carbons (Fsp3) is 0.938. The van der Waals surface area contributed by atoms with E-state index in [2.05, 4.69) is 208 Å². The van der Waals surface area contributed by atoms with Crippen molar-refractivity contribution in [2.24, 2.45) is 88.8 Å². The summed E-state index contributed by atoms with van der Waals surface area (Å²) < 4.78 is 11.7. The summed E-state index contributed by atoms with van der Waals surface area (Å²) in [4.78, 5) is 17.4. The number of ketones is 1. The summed E-state index contributed by atoms with van der Waals surface area (Å²) in [6.07, 6.45) is 33.8. The van der Waals surface area contributed by atoms with E-state index in [1.54, 1.807) is 0 Å². The molecule has 1 N–H and O–H groups in total. The normalized spacial score (nSPS) is 16.1. The van der Waals surface area contributed by atoms with E-state index in [1.807, 2.05) is 13.8 Å². The van der Waals surface area contributed by atoms with Gasteiger partial charge in [-0.15, -0.1) is 13.1 Å². The number of hydrogen-bond acceptors (Lipinski definition) is 6. The summed E-state index contributed by atoms with van der Waals surface area (Å²) in [6.45, 7) is 74.3. The average molecular weight is 1390 g/mol. The smallest absolute Gasteiger partial charge is 0.138 e. The third-order valence-corrected chi connectivity index (χ3v) is 16.9. The fourth-order valence-electron chi connectivity index (χ4n) is 13.7. The number of carbonyl (C=O) groups is 1. The predicted octanol–water partition coefficient (Wildman–Crippen LogP) is 23.0. The molecule has 0 aromatic carbocycles. The van der Waals surface area contributed by atoms with E-state index in [1.165, 1.54) is 122 Å². The van der Waals surface area contributed by atoms with E-state index in [-0.39, 0.29) is 77.3 Å². The van der Waals surface area contributed by atoms with Crippen LogP contribution in [-0.2, 0) is 79.7 Å². The second-order valence-electron chi connectivity index (χ2n) is 32.7. The van der Waals surface area contributed by atoms with Crippen LogP contribution in [0.15, 0.2) is 0 Å². The predicted molar refractivity (Wildman–Crippen MR) is 388 cm³/mol. The van der Waals surface area contributed by atoms with Crippen LogP contribution in [-0.4, -0.2) is 91.9 Å². The van der Waals surface area contributed by atoms with Crippen molar-refractivity contribution >= 4 is 5.78 Å². The maximum atomic E-state index is 12.1. The summed E-state index contributed by atoms with van der Waals surface area (Å²) >= 11 is 0. The van der Waals surface area contributed by atoms with E-state index >= 15 is 0 Å². The van der Waals surface area contributed by atoms with Crippen molar-refractivity contribution in [3.05, 3.63) is 26.7 Å². The molecular formula is C80H163N3O3Y2-4. The van der Waals surface area contributed by atoms with Crippen LogP contribution in [0.3, 0.4) is 0 Å². The second kappa shape index (κ2) is 62.2. The van der Waals surface area contributed by atoms with E-state index in [4.69, 9.17) is 9.47 Å². The van der Waals surface area contributed by atoms with Crippen LogP contribution >= 0.6 is 0 Å². The van der Waals surface area contributed by atoms with Gasteiger partial charge in [0.05, 0.1) is 25.4 Å². The molecule has 3 atom stereocenters. The number of rotatable bonds is 44. The van der Waals surface area contributed by atoms with Crippen LogP contribution in [0.2, 0.25) is 0 Å². The minimum absolute atomic E-state index is 0. The molecule has 2 rings (SSSR count). The minimum atomic E-state index is 0. The molecule has 0 amide bonds. The maximum absolute atomic E-state index is 12.1. The van der Waals surface area contributed by atoms with Crippen molar-refractivity contribution in [3.63, 3.8) is 0 Å². The first-order valence-corrected chi connectivity index (χ1v) is 37.4. The maximum Gasteiger partial charge on any atom is 0.138 e. The molecule has 0 aromatic rings. The van der Waals surface area contributed by atoms with Gasteiger partial charge in [-0.3, -0.25) is 4.79 Å². The number of ether oxygens (including phenoxy) is 2. The molecule has 1 unspecified atom stereocenters. The average Bonchev–Trinajstić information content (AvgIpc) is 4.02. The monoisotopic (exact) mass is 1390 g/mol. The Bertz CT molecular complexity index is 1330. The van der Waals surface area contributed by atoms with Gasteiger partial charge in [-0.05, 0) is 221 Å². The first-order valence-electron chi connectivity index (χ1n) is 37.4. The van der Waals surface area contributed by atoms with Gasteiger partial charge in [-0.2, -0.15) is 25.7 Å². The molecule has 0 saturated carbocycles. The van der Waals surface area contributed by atoms with Crippen molar-refractivity contribution in [2.75, 3.05) is 45.9 Å². The van der Waals surface area contributed by atoms with E-state index in [0.29, 0.717) is 42.0 Å². The topological polar surface area (TPSA) is 54.0 Å². The molecule has 2 saturated heterocycles. The Morgan fingerprint density at radius 1 is 0.420 bits per heavy atom. The first-order chi connectivity index (χ1) is 40.2. The van der Waals surface area contributed by atoms with Gasteiger partial charge in [-0.25, -0.2) is 0 Å². The summed E-state index contributed by atoms with van der Waals surface area (Å²) in [6, 6.07) is 1.81. The Hall–Kier alpha value is 1.68. The second-order valence-corrected chi connectivity index (χ2v) is 32.7.